The van der Waals surface area contributed by atoms with Crippen LogP contribution in [0.4, 0.5) is 0 Å². The van der Waals surface area contributed by atoms with Crippen molar-refractivity contribution in [3.63, 3.8) is 0 Å². The Bertz CT molecular complexity index is 497. The second-order valence-corrected chi connectivity index (χ2v) is 5.09. The van der Waals surface area contributed by atoms with Crippen LogP contribution in [-0.4, -0.2) is 0 Å². The van der Waals surface area contributed by atoms with Crippen LogP contribution in [0.1, 0.15) is 16.8 Å². The van der Waals surface area contributed by atoms with Gasteiger partial charge in [-0.1, -0.05) is 59.6 Å². The van der Waals surface area contributed by atoms with E-state index in [2.05, 4.69) is 0 Å². The standard InChI is InChI=1S/C13H9Cl2OP/c14-11-7-3-1-5-9(11)13(17-16)10-6-2-4-8-12(10)15/h1-8,13H. The summed E-state index contributed by atoms with van der Waals surface area (Å²) in [6, 6.07) is 14.7. The molecule has 2 aromatic carbocycles. The molecule has 0 N–H and O–H groups in total. The summed E-state index contributed by atoms with van der Waals surface area (Å²) in [5.41, 5.74) is 1.32. The van der Waals surface area contributed by atoms with E-state index in [9.17, 15) is 4.57 Å². The molecular formula is C13H9Cl2OP. The number of rotatable bonds is 3. The van der Waals surface area contributed by atoms with E-state index in [0.717, 1.165) is 11.1 Å². The number of hydrogen-bond acceptors (Lipinski definition) is 1. The van der Waals surface area contributed by atoms with Crippen molar-refractivity contribution in [1.82, 2.24) is 0 Å². The van der Waals surface area contributed by atoms with E-state index in [1.807, 2.05) is 36.4 Å². The van der Waals surface area contributed by atoms with E-state index in [-0.39, 0.29) is 14.1 Å². The van der Waals surface area contributed by atoms with Crippen LogP contribution in [0.5, 0.6) is 0 Å². The molecule has 0 fully saturated rings. The van der Waals surface area contributed by atoms with Crippen LogP contribution >= 0.6 is 31.7 Å². The lowest BCUT2D eigenvalue weighted by Gasteiger charge is -2.13. The zero-order chi connectivity index (χ0) is 12.3. The number of halogens is 2. The van der Waals surface area contributed by atoms with Crippen molar-refractivity contribution in [1.29, 1.82) is 0 Å². The molecule has 0 bridgehead atoms. The van der Waals surface area contributed by atoms with Crippen LogP contribution in [-0.2, 0) is 4.57 Å². The van der Waals surface area contributed by atoms with E-state index in [1.165, 1.54) is 0 Å². The van der Waals surface area contributed by atoms with Crippen molar-refractivity contribution in [2.24, 2.45) is 0 Å². The highest BCUT2D eigenvalue weighted by molar-refractivity contribution is 7.24. The first kappa shape index (κ1) is 12.6. The first-order chi connectivity index (χ1) is 8.24. The maximum absolute atomic E-state index is 11.4. The molecule has 17 heavy (non-hydrogen) atoms. The molecule has 2 aromatic rings. The second-order valence-electron chi connectivity index (χ2n) is 3.55. The van der Waals surface area contributed by atoms with Gasteiger partial charge in [0.2, 0.25) is 0 Å². The number of benzene rings is 2. The lowest BCUT2D eigenvalue weighted by molar-refractivity contribution is 0.595. The Morgan fingerprint density at radius 3 is 1.59 bits per heavy atom. The molecule has 0 unspecified atom stereocenters. The van der Waals surface area contributed by atoms with Crippen LogP contribution in [0.15, 0.2) is 48.5 Å². The Balaban J connectivity index is 2.52. The molecule has 0 spiro atoms. The highest BCUT2D eigenvalue weighted by atomic mass is 35.5. The maximum Gasteiger partial charge on any atom is 0.168 e. The summed E-state index contributed by atoms with van der Waals surface area (Å²) < 4.78 is 11.4. The van der Waals surface area contributed by atoms with Crippen molar-refractivity contribution >= 4 is 31.7 Å². The van der Waals surface area contributed by atoms with E-state index in [1.54, 1.807) is 12.1 Å². The van der Waals surface area contributed by atoms with Gasteiger partial charge in [-0.05, 0) is 23.3 Å². The minimum absolute atomic E-state index is 0.0184. The Morgan fingerprint density at radius 1 is 0.824 bits per heavy atom. The molecule has 0 aliphatic carbocycles. The van der Waals surface area contributed by atoms with E-state index < -0.39 is 0 Å². The van der Waals surface area contributed by atoms with Gasteiger partial charge in [0.25, 0.3) is 0 Å². The monoisotopic (exact) mass is 282 g/mol. The molecule has 2 rings (SSSR count). The lowest BCUT2D eigenvalue weighted by Crippen LogP contribution is -1.95. The Kier molecular flexibility index (Phi) is 4.17. The van der Waals surface area contributed by atoms with Crippen molar-refractivity contribution in [3.05, 3.63) is 69.7 Å². The average Bonchev–Trinajstić information content (AvgIpc) is 2.34. The second kappa shape index (κ2) is 5.64. The summed E-state index contributed by atoms with van der Waals surface area (Å²) in [6.45, 7) is 0. The zero-order valence-corrected chi connectivity index (χ0v) is 11.2. The van der Waals surface area contributed by atoms with E-state index in [4.69, 9.17) is 23.2 Å². The van der Waals surface area contributed by atoms with Gasteiger partial charge in [-0.3, -0.25) is 4.57 Å². The van der Waals surface area contributed by atoms with Gasteiger partial charge < -0.3 is 0 Å². The molecule has 4 heteroatoms. The van der Waals surface area contributed by atoms with Crippen LogP contribution < -0.4 is 0 Å². The Morgan fingerprint density at radius 2 is 1.24 bits per heavy atom. The number of hydrogen-bond donors (Lipinski definition) is 0. The fourth-order valence-corrected chi connectivity index (χ4v) is 2.99. The van der Waals surface area contributed by atoms with Gasteiger partial charge in [-0.15, -0.1) is 0 Å². The average molecular weight is 283 g/mol. The molecular weight excluding hydrogens is 274 g/mol. The first-order valence-corrected chi connectivity index (χ1v) is 6.69. The third kappa shape index (κ3) is 2.69. The molecule has 0 aliphatic heterocycles. The summed E-state index contributed by atoms with van der Waals surface area (Å²) >= 11 is 12.2. The Hall–Kier alpha value is -0.880. The van der Waals surface area contributed by atoms with Gasteiger partial charge >= 0.3 is 0 Å². The molecule has 1 nitrogen and oxygen atoms in total. The Labute approximate surface area is 112 Å². The van der Waals surface area contributed by atoms with Crippen LogP contribution in [0.3, 0.4) is 0 Å². The zero-order valence-electron chi connectivity index (χ0n) is 8.81. The highest BCUT2D eigenvalue weighted by Crippen LogP contribution is 2.40. The van der Waals surface area contributed by atoms with Gasteiger partial charge in [0.15, 0.2) is 8.46 Å². The summed E-state index contributed by atoms with van der Waals surface area (Å²) in [5.74, 6) is 0. The third-order valence-electron chi connectivity index (χ3n) is 2.51. The predicted molar refractivity (Wildman–Crippen MR) is 72.4 cm³/mol. The quantitative estimate of drug-likeness (QED) is 0.691. The fraction of sp³-hybridized carbons (Fsp3) is 0.0769. The molecule has 0 atom stereocenters. The maximum atomic E-state index is 11.4. The predicted octanol–water partition coefficient (Wildman–Crippen LogP) is 5.37. The van der Waals surface area contributed by atoms with Gasteiger partial charge in [-0.2, -0.15) is 0 Å². The van der Waals surface area contributed by atoms with Crippen molar-refractivity contribution < 1.29 is 4.57 Å². The smallest absolute Gasteiger partial charge is 0.168 e. The summed E-state index contributed by atoms with van der Waals surface area (Å²) in [7, 11) is -0.0184. The van der Waals surface area contributed by atoms with E-state index >= 15 is 0 Å². The van der Waals surface area contributed by atoms with Crippen molar-refractivity contribution in [2.45, 2.75) is 5.66 Å². The third-order valence-corrected chi connectivity index (χ3v) is 3.96. The highest BCUT2D eigenvalue weighted by Gasteiger charge is 2.19. The van der Waals surface area contributed by atoms with Crippen molar-refractivity contribution in [3.8, 4) is 0 Å². The SMILES string of the molecule is O=PC(c1ccccc1Cl)c1ccccc1Cl. The van der Waals surface area contributed by atoms with Gasteiger partial charge in [-0.25, -0.2) is 0 Å². The molecule has 0 heterocycles. The van der Waals surface area contributed by atoms with Crippen LogP contribution in [0.25, 0.3) is 0 Å². The summed E-state index contributed by atoms with van der Waals surface area (Å²) in [4.78, 5) is 0. The fourth-order valence-electron chi connectivity index (χ4n) is 1.67. The molecule has 0 amide bonds. The van der Waals surface area contributed by atoms with Gasteiger partial charge in [0, 0.05) is 10.0 Å². The molecule has 0 aliphatic rings. The van der Waals surface area contributed by atoms with Crippen LogP contribution in [0, 0.1) is 0 Å². The summed E-state index contributed by atoms with van der Waals surface area (Å²) in [5, 5.41) is 1.20. The first-order valence-electron chi connectivity index (χ1n) is 5.05. The molecule has 0 aromatic heterocycles. The normalized spacial score (nSPS) is 11.0. The topological polar surface area (TPSA) is 17.1 Å². The van der Waals surface area contributed by atoms with Crippen LogP contribution in [0.2, 0.25) is 10.0 Å². The van der Waals surface area contributed by atoms with Gasteiger partial charge in [0.05, 0.1) is 5.66 Å². The minimum atomic E-state index is -0.322. The van der Waals surface area contributed by atoms with Crippen molar-refractivity contribution in [2.75, 3.05) is 0 Å². The summed E-state index contributed by atoms with van der Waals surface area (Å²) in [6.07, 6.45) is 0. The largest absolute Gasteiger partial charge is 0.274 e. The molecule has 0 saturated carbocycles. The lowest BCUT2D eigenvalue weighted by atomic mass is 10.0. The minimum Gasteiger partial charge on any atom is -0.274 e. The molecule has 86 valence electrons. The van der Waals surface area contributed by atoms with Gasteiger partial charge in [0.1, 0.15) is 0 Å². The molecule has 0 saturated heterocycles. The molecule has 0 radical (unpaired) electrons. The van der Waals surface area contributed by atoms with E-state index in [0.29, 0.717) is 10.0 Å².